The van der Waals surface area contributed by atoms with Crippen LogP contribution >= 0.6 is 0 Å². The van der Waals surface area contributed by atoms with Gasteiger partial charge in [0, 0.05) is 17.7 Å². The van der Waals surface area contributed by atoms with Crippen LogP contribution in [-0.2, 0) is 0 Å². The summed E-state index contributed by atoms with van der Waals surface area (Å²) in [5.41, 5.74) is 1.36. The summed E-state index contributed by atoms with van der Waals surface area (Å²) in [5, 5.41) is 13.1. The molecule has 2 N–H and O–H groups in total. The third-order valence-electron chi connectivity index (χ3n) is 3.10. The van der Waals surface area contributed by atoms with Crippen molar-refractivity contribution >= 4 is 5.91 Å². The molecule has 0 saturated heterocycles. The van der Waals surface area contributed by atoms with Crippen LogP contribution in [0, 0.1) is 0 Å². The van der Waals surface area contributed by atoms with Gasteiger partial charge in [-0.05, 0) is 32.5 Å². The maximum absolute atomic E-state index is 12.0. The molecule has 1 aromatic carbocycles. The van der Waals surface area contributed by atoms with E-state index in [-0.39, 0.29) is 5.91 Å². The number of carbonyl (C=O) groups is 1. The highest BCUT2D eigenvalue weighted by molar-refractivity contribution is 5.98. The van der Waals surface area contributed by atoms with Crippen LogP contribution in [0.5, 0.6) is 0 Å². The summed E-state index contributed by atoms with van der Waals surface area (Å²) in [7, 11) is 1.91. The van der Waals surface area contributed by atoms with Crippen LogP contribution in [0.15, 0.2) is 24.3 Å². The third kappa shape index (κ3) is 2.33. The van der Waals surface area contributed by atoms with E-state index in [0.717, 1.165) is 24.9 Å². The van der Waals surface area contributed by atoms with Gasteiger partial charge in [-0.15, -0.1) is 0 Å². The fourth-order valence-corrected chi connectivity index (χ4v) is 2.16. The number of nitrogens with one attached hydrogen (secondary N) is 1. The van der Waals surface area contributed by atoms with Crippen molar-refractivity contribution in [1.29, 1.82) is 0 Å². The Kier molecular flexibility index (Phi) is 3.76. The SMILES string of the molecule is CNCCCCN1C(=O)c2ccccc2C1O. The maximum Gasteiger partial charge on any atom is 0.256 e. The molecular formula is C13H18N2O2. The molecule has 2 rings (SSSR count). The molecule has 0 saturated carbocycles. The summed E-state index contributed by atoms with van der Waals surface area (Å²) < 4.78 is 0. The molecule has 1 amide bonds. The van der Waals surface area contributed by atoms with Crippen molar-refractivity contribution in [3.63, 3.8) is 0 Å². The molecule has 17 heavy (non-hydrogen) atoms. The van der Waals surface area contributed by atoms with Gasteiger partial charge in [0.05, 0.1) is 0 Å². The highest BCUT2D eigenvalue weighted by atomic mass is 16.3. The molecule has 1 aliphatic heterocycles. The number of rotatable bonds is 5. The summed E-state index contributed by atoms with van der Waals surface area (Å²) in [6.45, 7) is 1.54. The van der Waals surface area contributed by atoms with Gasteiger partial charge < -0.3 is 15.3 Å². The maximum atomic E-state index is 12.0. The average molecular weight is 234 g/mol. The van der Waals surface area contributed by atoms with Crippen molar-refractivity contribution in [3.8, 4) is 0 Å². The Labute approximate surface area is 101 Å². The Morgan fingerprint density at radius 3 is 2.82 bits per heavy atom. The van der Waals surface area contributed by atoms with Crippen LogP contribution in [0.2, 0.25) is 0 Å². The average Bonchev–Trinajstić information content (AvgIpc) is 2.60. The number of aliphatic hydroxyl groups excluding tert-OH is 1. The summed E-state index contributed by atoms with van der Waals surface area (Å²) >= 11 is 0. The van der Waals surface area contributed by atoms with Gasteiger partial charge in [0.15, 0.2) is 6.23 Å². The zero-order valence-electron chi connectivity index (χ0n) is 10.0. The first-order chi connectivity index (χ1) is 8.25. The lowest BCUT2D eigenvalue weighted by Crippen LogP contribution is -2.29. The van der Waals surface area contributed by atoms with Crippen LogP contribution in [0.3, 0.4) is 0 Å². The minimum Gasteiger partial charge on any atom is -0.369 e. The van der Waals surface area contributed by atoms with E-state index >= 15 is 0 Å². The van der Waals surface area contributed by atoms with Crippen molar-refractivity contribution < 1.29 is 9.90 Å². The standard InChI is InChI=1S/C13H18N2O2/c1-14-8-4-5-9-15-12(16)10-6-2-3-7-11(10)13(15)17/h2-3,6-7,12,14,16H,4-5,8-9H2,1H3. The molecule has 1 aliphatic rings. The number of unbranched alkanes of at least 4 members (excludes halogenated alkanes) is 1. The lowest BCUT2D eigenvalue weighted by Gasteiger charge is -2.20. The highest BCUT2D eigenvalue weighted by Crippen LogP contribution is 2.31. The van der Waals surface area contributed by atoms with Crippen LogP contribution in [0.25, 0.3) is 0 Å². The molecule has 1 aromatic rings. The molecule has 0 aliphatic carbocycles. The van der Waals surface area contributed by atoms with Gasteiger partial charge in [0.25, 0.3) is 5.91 Å². The van der Waals surface area contributed by atoms with Crippen LogP contribution < -0.4 is 5.32 Å². The topological polar surface area (TPSA) is 52.6 Å². The second-order valence-electron chi connectivity index (χ2n) is 4.27. The number of amides is 1. The lowest BCUT2D eigenvalue weighted by molar-refractivity contribution is 0.0170. The van der Waals surface area contributed by atoms with Crippen molar-refractivity contribution in [2.75, 3.05) is 20.1 Å². The monoisotopic (exact) mass is 234 g/mol. The molecule has 0 fully saturated rings. The first-order valence-electron chi connectivity index (χ1n) is 5.98. The molecule has 0 aromatic heterocycles. The smallest absolute Gasteiger partial charge is 0.256 e. The van der Waals surface area contributed by atoms with Crippen LogP contribution in [-0.4, -0.2) is 36.1 Å². The van der Waals surface area contributed by atoms with Gasteiger partial charge in [0.1, 0.15) is 0 Å². The normalized spacial score (nSPS) is 18.6. The molecule has 92 valence electrons. The molecule has 0 bridgehead atoms. The van der Waals surface area contributed by atoms with Crippen LogP contribution in [0.1, 0.15) is 35.0 Å². The second kappa shape index (κ2) is 5.29. The molecule has 0 radical (unpaired) electrons. The largest absolute Gasteiger partial charge is 0.369 e. The Bertz CT molecular complexity index is 406. The van der Waals surface area contributed by atoms with E-state index in [0.29, 0.717) is 12.1 Å². The van der Waals surface area contributed by atoms with E-state index in [1.807, 2.05) is 25.2 Å². The number of hydrogen-bond donors (Lipinski definition) is 2. The number of aliphatic hydroxyl groups is 1. The predicted molar refractivity (Wildman–Crippen MR) is 65.6 cm³/mol. The zero-order chi connectivity index (χ0) is 12.3. The Morgan fingerprint density at radius 1 is 1.35 bits per heavy atom. The van der Waals surface area contributed by atoms with E-state index in [1.165, 1.54) is 0 Å². The summed E-state index contributed by atoms with van der Waals surface area (Å²) in [6.07, 6.45) is 1.13. The number of hydrogen-bond acceptors (Lipinski definition) is 3. The van der Waals surface area contributed by atoms with E-state index in [4.69, 9.17) is 0 Å². The molecule has 1 heterocycles. The van der Waals surface area contributed by atoms with E-state index in [9.17, 15) is 9.90 Å². The Hall–Kier alpha value is -1.39. The number of nitrogens with zero attached hydrogens (tertiary/aromatic N) is 1. The van der Waals surface area contributed by atoms with E-state index < -0.39 is 6.23 Å². The number of carbonyl (C=O) groups excluding carboxylic acids is 1. The van der Waals surface area contributed by atoms with E-state index in [2.05, 4.69) is 5.32 Å². The summed E-state index contributed by atoms with van der Waals surface area (Å²) in [4.78, 5) is 13.6. The third-order valence-corrected chi connectivity index (χ3v) is 3.10. The fraction of sp³-hybridized carbons (Fsp3) is 0.462. The molecular weight excluding hydrogens is 216 g/mol. The molecule has 1 unspecified atom stereocenters. The van der Waals surface area contributed by atoms with Crippen molar-refractivity contribution in [2.24, 2.45) is 0 Å². The predicted octanol–water partition coefficient (Wildman–Crippen LogP) is 1.13. The highest BCUT2D eigenvalue weighted by Gasteiger charge is 2.34. The van der Waals surface area contributed by atoms with Crippen molar-refractivity contribution in [3.05, 3.63) is 35.4 Å². The quantitative estimate of drug-likeness (QED) is 0.751. The molecule has 4 nitrogen and oxygen atoms in total. The fourth-order valence-electron chi connectivity index (χ4n) is 2.16. The minimum absolute atomic E-state index is 0.0578. The number of fused-ring (bicyclic) bond motifs is 1. The Balaban J connectivity index is 2.00. The van der Waals surface area contributed by atoms with Gasteiger partial charge in [-0.25, -0.2) is 0 Å². The lowest BCUT2D eigenvalue weighted by atomic mass is 10.1. The summed E-state index contributed by atoms with van der Waals surface area (Å²) in [5.74, 6) is -0.0578. The Morgan fingerprint density at radius 2 is 2.12 bits per heavy atom. The van der Waals surface area contributed by atoms with Crippen molar-refractivity contribution in [1.82, 2.24) is 10.2 Å². The van der Waals surface area contributed by atoms with Crippen LogP contribution in [0.4, 0.5) is 0 Å². The zero-order valence-corrected chi connectivity index (χ0v) is 10.0. The molecule has 1 atom stereocenters. The molecule has 4 heteroatoms. The first-order valence-corrected chi connectivity index (χ1v) is 5.98. The van der Waals surface area contributed by atoms with Gasteiger partial charge in [-0.3, -0.25) is 4.79 Å². The minimum atomic E-state index is -0.770. The second-order valence-corrected chi connectivity index (χ2v) is 4.27. The van der Waals surface area contributed by atoms with Gasteiger partial charge in [0.2, 0.25) is 0 Å². The summed E-state index contributed by atoms with van der Waals surface area (Å²) in [6, 6.07) is 7.26. The first kappa shape index (κ1) is 12.1. The van der Waals surface area contributed by atoms with Gasteiger partial charge in [-0.2, -0.15) is 0 Å². The molecule has 0 spiro atoms. The van der Waals surface area contributed by atoms with E-state index in [1.54, 1.807) is 11.0 Å². The van der Waals surface area contributed by atoms with Gasteiger partial charge >= 0.3 is 0 Å². The number of benzene rings is 1. The van der Waals surface area contributed by atoms with Crippen molar-refractivity contribution in [2.45, 2.75) is 19.1 Å². The van der Waals surface area contributed by atoms with Gasteiger partial charge in [-0.1, -0.05) is 18.2 Å².